The van der Waals surface area contributed by atoms with Gasteiger partial charge in [-0.15, -0.1) is 0 Å². The molecule has 4 rings (SSSR count). The minimum absolute atomic E-state index is 0.0518. The summed E-state index contributed by atoms with van der Waals surface area (Å²) in [5.74, 6) is 0.739. The fourth-order valence-electron chi connectivity index (χ4n) is 3.49. The first-order chi connectivity index (χ1) is 13.1. The summed E-state index contributed by atoms with van der Waals surface area (Å²) >= 11 is 0. The first-order valence-electron chi connectivity index (χ1n) is 9.26. The van der Waals surface area contributed by atoms with Crippen molar-refractivity contribution < 1.29 is 4.79 Å². The summed E-state index contributed by atoms with van der Waals surface area (Å²) < 4.78 is 0. The Morgan fingerprint density at radius 3 is 2.70 bits per heavy atom. The quantitative estimate of drug-likeness (QED) is 0.743. The van der Waals surface area contributed by atoms with Gasteiger partial charge in [-0.25, -0.2) is 4.98 Å². The maximum Gasteiger partial charge on any atom is 0.254 e. The van der Waals surface area contributed by atoms with Crippen LogP contribution in [0.3, 0.4) is 0 Å². The van der Waals surface area contributed by atoms with E-state index < -0.39 is 0 Å². The van der Waals surface area contributed by atoms with Crippen LogP contribution in [0.2, 0.25) is 0 Å². The van der Waals surface area contributed by atoms with Crippen LogP contribution in [-0.2, 0) is 13.0 Å². The predicted molar refractivity (Wildman–Crippen MR) is 108 cm³/mol. The van der Waals surface area contributed by atoms with Crippen LogP contribution in [0.5, 0.6) is 0 Å². The molecule has 1 aliphatic rings. The van der Waals surface area contributed by atoms with Gasteiger partial charge in [0.2, 0.25) is 0 Å². The molecule has 0 unspecified atom stereocenters. The third kappa shape index (κ3) is 3.70. The van der Waals surface area contributed by atoms with E-state index in [0.29, 0.717) is 17.9 Å². The molecule has 3 aromatic rings. The summed E-state index contributed by atoms with van der Waals surface area (Å²) in [6.45, 7) is 5.53. The van der Waals surface area contributed by atoms with Gasteiger partial charge in [-0.2, -0.15) is 0 Å². The molecule has 1 amide bonds. The predicted octanol–water partition coefficient (Wildman–Crippen LogP) is 4.64. The lowest BCUT2D eigenvalue weighted by Crippen LogP contribution is -2.35. The van der Waals surface area contributed by atoms with Crippen molar-refractivity contribution in [1.82, 2.24) is 9.88 Å². The van der Waals surface area contributed by atoms with E-state index in [9.17, 15) is 4.79 Å². The molecule has 1 aliphatic heterocycles. The molecule has 0 bridgehead atoms. The number of rotatable bonds is 3. The van der Waals surface area contributed by atoms with Gasteiger partial charge in [0.1, 0.15) is 5.82 Å². The van der Waals surface area contributed by atoms with Crippen LogP contribution in [0.1, 0.15) is 32.6 Å². The molecular formula is C23H23N3O. The highest BCUT2D eigenvalue weighted by Gasteiger charge is 2.21. The highest BCUT2D eigenvalue weighted by molar-refractivity contribution is 5.95. The van der Waals surface area contributed by atoms with Crippen molar-refractivity contribution in [3.63, 3.8) is 0 Å². The van der Waals surface area contributed by atoms with E-state index in [1.165, 1.54) is 16.7 Å². The summed E-state index contributed by atoms with van der Waals surface area (Å²) in [6.07, 6.45) is 2.60. The van der Waals surface area contributed by atoms with E-state index in [0.717, 1.165) is 24.2 Å². The molecule has 4 heteroatoms. The van der Waals surface area contributed by atoms with Crippen molar-refractivity contribution in [2.24, 2.45) is 0 Å². The number of pyridine rings is 1. The van der Waals surface area contributed by atoms with Crippen molar-refractivity contribution in [1.29, 1.82) is 0 Å². The molecule has 0 saturated heterocycles. The molecule has 0 atom stereocenters. The summed E-state index contributed by atoms with van der Waals surface area (Å²) in [5, 5.41) is 3.35. The van der Waals surface area contributed by atoms with E-state index in [-0.39, 0.29) is 5.91 Å². The van der Waals surface area contributed by atoms with Crippen LogP contribution in [0.25, 0.3) is 0 Å². The van der Waals surface area contributed by atoms with Crippen LogP contribution >= 0.6 is 0 Å². The molecular weight excluding hydrogens is 334 g/mol. The molecule has 0 aliphatic carbocycles. The zero-order valence-electron chi connectivity index (χ0n) is 15.7. The van der Waals surface area contributed by atoms with Crippen LogP contribution in [0.15, 0.2) is 60.8 Å². The van der Waals surface area contributed by atoms with Crippen molar-refractivity contribution in [2.45, 2.75) is 26.8 Å². The van der Waals surface area contributed by atoms with Gasteiger partial charge in [0, 0.05) is 30.5 Å². The minimum Gasteiger partial charge on any atom is -0.340 e. The third-order valence-electron chi connectivity index (χ3n) is 5.08. The van der Waals surface area contributed by atoms with Crippen molar-refractivity contribution >= 4 is 17.4 Å². The molecule has 0 radical (unpaired) electrons. The first kappa shape index (κ1) is 17.3. The number of aryl methyl sites for hydroxylation is 2. The van der Waals surface area contributed by atoms with E-state index in [4.69, 9.17) is 0 Å². The standard InChI is InChI=1S/C23H23N3O/c1-16-7-8-17(2)21(13-16)25-22-14-19(9-11-24-22)23(27)26-12-10-18-5-3-4-6-20(18)15-26/h3-9,11,13-14H,10,12,15H2,1-2H3,(H,24,25). The molecule has 27 heavy (non-hydrogen) atoms. The number of nitrogens with one attached hydrogen (secondary N) is 1. The fourth-order valence-corrected chi connectivity index (χ4v) is 3.49. The van der Waals surface area contributed by atoms with E-state index >= 15 is 0 Å². The van der Waals surface area contributed by atoms with E-state index in [1.807, 2.05) is 17.0 Å². The van der Waals surface area contributed by atoms with Crippen molar-refractivity contribution in [3.8, 4) is 0 Å². The van der Waals surface area contributed by atoms with Crippen LogP contribution in [0, 0.1) is 13.8 Å². The maximum absolute atomic E-state index is 13.0. The monoisotopic (exact) mass is 357 g/mol. The van der Waals surface area contributed by atoms with Gasteiger partial charge in [-0.05, 0) is 60.7 Å². The number of amides is 1. The van der Waals surface area contributed by atoms with Crippen molar-refractivity contribution in [3.05, 3.63) is 88.6 Å². The third-order valence-corrected chi connectivity index (χ3v) is 5.08. The minimum atomic E-state index is 0.0518. The van der Waals surface area contributed by atoms with Gasteiger partial charge in [0.05, 0.1) is 0 Å². The summed E-state index contributed by atoms with van der Waals surface area (Å²) in [6, 6.07) is 18.2. The van der Waals surface area contributed by atoms with Crippen LogP contribution < -0.4 is 5.32 Å². The normalized spacial score (nSPS) is 13.2. The summed E-state index contributed by atoms with van der Waals surface area (Å²) in [5.41, 5.74) is 6.58. The van der Waals surface area contributed by atoms with E-state index in [2.05, 4.69) is 60.5 Å². The second-order valence-corrected chi connectivity index (χ2v) is 7.12. The Labute approximate surface area is 159 Å². The zero-order valence-corrected chi connectivity index (χ0v) is 15.7. The van der Waals surface area contributed by atoms with E-state index in [1.54, 1.807) is 12.3 Å². The topological polar surface area (TPSA) is 45.2 Å². The summed E-state index contributed by atoms with van der Waals surface area (Å²) in [4.78, 5) is 19.3. The van der Waals surface area contributed by atoms with Gasteiger partial charge in [0.15, 0.2) is 0 Å². The number of hydrogen-bond acceptors (Lipinski definition) is 3. The number of carbonyl (C=O) groups excluding carboxylic acids is 1. The lowest BCUT2D eigenvalue weighted by molar-refractivity contribution is 0.0734. The Balaban J connectivity index is 1.54. The fraction of sp³-hybridized carbons (Fsp3) is 0.217. The van der Waals surface area contributed by atoms with Crippen LogP contribution in [0.4, 0.5) is 11.5 Å². The highest BCUT2D eigenvalue weighted by atomic mass is 16.2. The van der Waals surface area contributed by atoms with Crippen molar-refractivity contribution in [2.75, 3.05) is 11.9 Å². The smallest absolute Gasteiger partial charge is 0.254 e. The van der Waals surface area contributed by atoms with Gasteiger partial charge in [-0.1, -0.05) is 36.4 Å². The zero-order chi connectivity index (χ0) is 18.8. The first-order valence-corrected chi connectivity index (χ1v) is 9.26. The lowest BCUT2D eigenvalue weighted by Gasteiger charge is -2.29. The summed E-state index contributed by atoms with van der Waals surface area (Å²) in [7, 11) is 0. The highest BCUT2D eigenvalue weighted by Crippen LogP contribution is 2.23. The second-order valence-electron chi connectivity index (χ2n) is 7.12. The van der Waals surface area contributed by atoms with Gasteiger partial charge in [-0.3, -0.25) is 4.79 Å². The average Bonchev–Trinajstić information content (AvgIpc) is 2.70. The molecule has 0 spiro atoms. The maximum atomic E-state index is 13.0. The Bertz CT molecular complexity index is 996. The number of anilines is 2. The Morgan fingerprint density at radius 2 is 1.85 bits per heavy atom. The molecule has 2 heterocycles. The largest absolute Gasteiger partial charge is 0.340 e. The van der Waals surface area contributed by atoms with Gasteiger partial charge < -0.3 is 10.2 Å². The Morgan fingerprint density at radius 1 is 1.04 bits per heavy atom. The molecule has 136 valence electrons. The molecule has 1 aromatic heterocycles. The number of benzene rings is 2. The second kappa shape index (κ2) is 7.23. The number of hydrogen-bond donors (Lipinski definition) is 1. The molecule has 0 saturated carbocycles. The Kier molecular flexibility index (Phi) is 4.63. The molecule has 1 N–H and O–H groups in total. The molecule has 4 nitrogen and oxygen atoms in total. The SMILES string of the molecule is Cc1ccc(C)c(Nc2cc(C(=O)N3CCc4ccccc4C3)ccn2)c1. The Hall–Kier alpha value is -3.14. The van der Waals surface area contributed by atoms with Gasteiger partial charge in [0.25, 0.3) is 5.91 Å². The number of aromatic nitrogens is 1. The number of fused-ring (bicyclic) bond motifs is 1. The molecule has 0 fully saturated rings. The molecule has 2 aromatic carbocycles. The van der Waals surface area contributed by atoms with Crippen LogP contribution in [-0.4, -0.2) is 22.3 Å². The number of nitrogens with zero attached hydrogens (tertiary/aromatic N) is 2. The lowest BCUT2D eigenvalue weighted by atomic mass is 9.99. The average molecular weight is 357 g/mol. The number of carbonyl (C=O) groups is 1. The van der Waals surface area contributed by atoms with Gasteiger partial charge >= 0.3 is 0 Å².